The summed E-state index contributed by atoms with van der Waals surface area (Å²) in [6, 6.07) is 5.40. The van der Waals surface area contributed by atoms with Crippen LogP contribution in [0.4, 0.5) is 0 Å². The highest BCUT2D eigenvalue weighted by atomic mass is 16.2. The molecule has 0 spiro atoms. The van der Waals surface area contributed by atoms with Crippen LogP contribution in [0.2, 0.25) is 0 Å². The molecule has 0 fully saturated rings. The van der Waals surface area contributed by atoms with Gasteiger partial charge in [0.05, 0.1) is 0 Å². The quantitative estimate of drug-likeness (QED) is 0.814. The fourth-order valence-electron chi connectivity index (χ4n) is 1.66. The number of amides is 1. The highest BCUT2D eigenvalue weighted by Gasteiger charge is 2.06. The normalized spacial score (nSPS) is 9.95. The lowest BCUT2D eigenvalue weighted by molar-refractivity contribution is 0.0952. The third-order valence-corrected chi connectivity index (χ3v) is 2.80. The van der Waals surface area contributed by atoms with Crippen LogP contribution in [0.15, 0.2) is 18.2 Å². The fraction of sp³-hybridized carbons (Fsp3) is 0.438. The van der Waals surface area contributed by atoms with E-state index in [4.69, 9.17) is 5.11 Å². The van der Waals surface area contributed by atoms with Crippen molar-refractivity contribution in [1.29, 1.82) is 0 Å². The van der Waals surface area contributed by atoms with Crippen molar-refractivity contribution in [3.05, 3.63) is 34.9 Å². The molecule has 0 unspecified atom stereocenters. The minimum absolute atomic E-state index is 0.0505. The summed E-state index contributed by atoms with van der Waals surface area (Å²) < 4.78 is 0. The molecule has 2 N–H and O–H groups in total. The topological polar surface area (TPSA) is 49.3 Å². The minimum atomic E-state index is -0.156. The lowest BCUT2D eigenvalue weighted by atomic mass is 10.0. The molecule has 0 aliphatic carbocycles. The second-order valence-corrected chi connectivity index (χ2v) is 4.93. The molecule has 1 rings (SSSR count). The standard InChI is InChI=1S/C16H21NO2/c1-12(2)8-9-17-16(19)15-7-6-14(5-4-10-18)13(3)11-15/h6-7,11-12,18H,8-10H2,1-3H3,(H,17,19). The predicted octanol–water partition coefficient (Wildman–Crippen LogP) is 2.11. The van der Waals surface area contributed by atoms with Crippen molar-refractivity contribution in [2.24, 2.45) is 5.92 Å². The zero-order valence-corrected chi connectivity index (χ0v) is 11.8. The first kappa shape index (κ1) is 15.3. The summed E-state index contributed by atoms with van der Waals surface area (Å²) in [4.78, 5) is 11.9. The van der Waals surface area contributed by atoms with Crippen LogP contribution in [0.25, 0.3) is 0 Å². The van der Waals surface area contributed by atoms with Crippen LogP contribution in [-0.2, 0) is 0 Å². The molecule has 0 saturated carbocycles. The third-order valence-electron chi connectivity index (χ3n) is 2.80. The first-order chi connectivity index (χ1) is 9.04. The van der Waals surface area contributed by atoms with E-state index in [-0.39, 0.29) is 12.5 Å². The zero-order valence-electron chi connectivity index (χ0n) is 11.8. The Hall–Kier alpha value is -1.79. The molecule has 0 aliphatic rings. The van der Waals surface area contributed by atoms with E-state index in [0.29, 0.717) is 18.0 Å². The molecule has 3 heteroatoms. The largest absolute Gasteiger partial charge is 0.384 e. The molecule has 0 bridgehead atoms. The van der Waals surface area contributed by atoms with Crippen LogP contribution >= 0.6 is 0 Å². The SMILES string of the molecule is Cc1cc(C(=O)NCCC(C)C)ccc1C#CCO. The summed E-state index contributed by atoms with van der Waals surface area (Å²) in [5.74, 6) is 5.99. The second-order valence-electron chi connectivity index (χ2n) is 4.93. The highest BCUT2D eigenvalue weighted by Crippen LogP contribution is 2.10. The fourth-order valence-corrected chi connectivity index (χ4v) is 1.66. The van der Waals surface area contributed by atoms with Crippen LogP contribution in [0.3, 0.4) is 0 Å². The Balaban J connectivity index is 2.69. The van der Waals surface area contributed by atoms with Gasteiger partial charge in [0, 0.05) is 17.7 Å². The van der Waals surface area contributed by atoms with Gasteiger partial charge in [-0.2, -0.15) is 0 Å². The molecule has 0 saturated heterocycles. The Labute approximate surface area is 115 Å². The summed E-state index contributed by atoms with van der Waals surface area (Å²) >= 11 is 0. The molecule has 0 atom stereocenters. The van der Waals surface area contributed by atoms with Crippen LogP contribution < -0.4 is 5.32 Å². The number of aliphatic hydroxyl groups excluding tert-OH is 1. The molecule has 3 nitrogen and oxygen atoms in total. The molecule has 0 radical (unpaired) electrons. The number of carbonyl (C=O) groups is 1. The van der Waals surface area contributed by atoms with Crippen LogP contribution in [-0.4, -0.2) is 24.2 Å². The van der Waals surface area contributed by atoms with E-state index in [1.54, 1.807) is 6.07 Å². The number of hydrogen-bond acceptors (Lipinski definition) is 2. The van der Waals surface area contributed by atoms with Gasteiger partial charge in [-0.05, 0) is 43.0 Å². The number of nitrogens with one attached hydrogen (secondary N) is 1. The first-order valence-electron chi connectivity index (χ1n) is 6.53. The molecular weight excluding hydrogens is 238 g/mol. The lowest BCUT2D eigenvalue weighted by Crippen LogP contribution is -2.25. The van der Waals surface area contributed by atoms with Crippen molar-refractivity contribution in [1.82, 2.24) is 5.32 Å². The average Bonchev–Trinajstić information content (AvgIpc) is 2.36. The Bertz CT molecular complexity index is 495. The van der Waals surface area contributed by atoms with Gasteiger partial charge in [-0.3, -0.25) is 4.79 Å². The minimum Gasteiger partial charge on any atom is -0.384 e. The van der Waals surface area contributed by atoms with Gasteiger partial charge >= 0.3 is 0 Å². The third kappa shape index (κ3) is 5.15. The van der Waals surface area contributed by atoms with E-state index in [0.717, 1.165) is 17.5 Å². The van der Waals surface area contributed by atoms with Gasteiger partial charge in [0.2, 0.25) is 0 Å². The number of rotatable bonds is 4. The van der Waals surface area contributed by atoms with Crippen LogP contribution in [0.5, 0.6) is 0 Å². The molecule has 0 aliphatic heterocycles. The van der Waals surface area contributed by atoms with Crippen molar-refractivity contribution in [2.75, 3.05) is 13.2 Å². The van der Waals surface area contributed by atoms with Gasteiger partial charge in [0.25, 0.3) is 5.91 Å². The van der Waals surface area contributed by atoms with Crippen molar-refractivity contribution < 1.29 is 9.90 Å². The summed E-state index contributed by atoms with van der Waals surface area (Å²) in [5.41, 5.74) is 2.43. The van der Waals surface area contributed by atoms with E-state index >= 15 is 0 Å². The number of aliphatic hydroxyl groups is 1. The number of carbonyl (C=O) groups excluding carboxylic acids is 1. The first-order valence-corrected chi connectivity index (χ1v) is 6.53. The van der Waals surface area contributed by atoms with E-state index in [2.05, 4.69) is 31.0 Å². The molecular formula is C16H21NO2. The Morgan fingerprint density at radius 1 is 1.42 bits per heavy atom. The average molecular weight is 259 g/mol. The van der Waals surface area contributed by atoms with Gasteiger partial charge in [-0.1, -0.05) is 25.7 Å². The number of hydrogen-bond donors (Lipinski definition) is 2. The van der Waals surface area contributed by atoms with E-state index < -0.39 is 0 Å². The molecule has 0 heterocycles. The summed E-state index contributed by atoms with van der Waals surface area (Å²) in [6.07, 6.45) is 0.977. The van der Waals surface area contributed by atoms with Crippen molar-refractivity contribution in [3.63, 3.8) is 0 Å². The molecule has 1 aromatic carbocycles. The number of benzene rings is 1. The maximum absolute atomic E-state index is 11.9. The molecule has 0 aromatic heterocycles. The van der Waals surface area contributed by atoms with Gasteiger partial charge in [0.15, 0.2) is 0 Å². The van der Waals surface area contributed by atoms with Crippen molar-refractivity contribution >= 4 is 5.91 Å². The monoisotopic (exact) mass is 259 g/mol. The maximum Gasteiger partial charge on any atom is 0.251 e. The van der Waals surface area contributed by atoms with Gasteiger partial charge < -0.3 is 10.4 Å². The smallest absolute Gasteiger partial charge is 0.251 e. The highest BCUT2D eigenvalue weighted by molar-refractivity contribution is 5.94. The second kappa shape index (κ2) is 7.60. The summed E-state index contributed by atoms with van der Waals surface area (Å²) in [7, 11) is 0. The van der Waals surface area contributed by atoms with Gasteiger partial charge in [-0.15, -0.1) is 0 Å². The summed E-state index contributed by atoms with van der Waals surface area (Å²) in [6.45, 7) is 6.71. The van der Waals surface area contributed by atoms with Crippen LogP contribution in [0, 0.1) is 24.7 Å². The molecule has 1 aromatic rings. The Morgan fingerprint density at radius 3 is 2.74 bits per heavy atom. The summed E-state index contributed by atoms with van der Waals surface area (Å²) in [5, 5.41) is 11.6. The Morgan fingerprint density at radius 2 is 2.16 bits per heavy atom. The van der Waals surface area contributed by atoms with Crippen LogP contribution in [0.1, 0.15) is 41.8 Å². The molecule has 1 amide bonds. The molecule has 19 heavy (non-hydrogen) atoms. The Kier molecular flexibility index (Phi) is 6.11. The lowest BCUT2D eigenvalue weighted by Gasteiger charge is -2.08. The maximum atomic E-state index is 11.9. The molecule has 102 valence electrons. The van der Waals surface area contributed by atoms with E-state index in [1.165, 1.54) is 0 Å². The predicted molar refractivity (Wildman–Crippen MR) is 76.9 cm³/mol. The van der Waals surface area contributed by atoms with E-state index in [9.17, 15) is 4.79 Å². The van der Waals surface area contributed by atoms with E-state index in [1.807, 2.05) is 19.1 Å². The van der Waals surface area contributed by atoms with Crippen molar-refractivity contribution in [3.8, 4) is 11.8 Å². The zero-order chi connectivity index (χ0) is 14.3. The number of aryl methyl sites for hydroxylation is 1. The van der Waals surface area contributed by atoms with Crippen molar-refractivity contribution in [2.45, 2.75) is 27.2 Å². The van der Waals surface area contributed by atoms with Gasteiger partial charge in [0.1, 0.15) is 6.61 Å². The van der Waals surface area contributed by atoms with Gasteiger partial charge in [-0.25, -0.2) is 0 Å².